The first-order chi connectivity index (χ1) is 14.5. The summed E-state index contributed by atoms with van der Waals surface area (Å²) in [5, 5.41) is 19.4. The average Bonchev–Trinajstić information content (AvgIpc) is 2.70. The van der Waals surface area contributed by atoms with Gasteiger partial charge in [0.25, 0.3) is 0 Å². The molecular weight excluding hydrogens is 406 g/mol. The molecule has 0 aliphatic heterocycles. The van der Waals surface area contributed by atoms with Crippen LogP contribution < -0.4 is 33.6 Å². The molecule has 0 aliphatic carbocycles. The summed E-state index contributed by atoms with van der Waals surface area (Å²) in [7, 11) is 0. The van der Waals surface area contributed by atoms with E-state index in [1.807, 2.05) is 0 Å². The van der Waals surface area contributed by atoms with Crippen LogP contribution in [-0.4, -0.2) is 71.9 Å². The first kappa shape index (κ1) is 27.9. The second-order valence-electron chi connectivity index (χ2n) is 7.01. The minimum absolute atomic E-state index is 0.124. The van der Waals surface area contributed by atoms with E-state index < -0.39 is 29.2 Å². The molecule has 0 aliphatic rings. The molecule has 2 atom stereocenters. The molecule has 0 bridgehead atoms. The monoisotopic (exact) mass is 440 g/mol. The highest BCUT2D eigenvalue weighted by atomic mass is 16.2. The number of ketones is 1. The van der Waals surface area contributed by atoms with Gasteiger partial charge < -0.3 is 33.6 Å². The molecule has 0 saturated carbocycles. The van der Waals surface area contributed by atoms with Crippen molar-refractivity contribution in [3.63, 3.8) is 0 Å². The summed E-state index contributed by atoms with van der Waals surface area (Å²) < 4.78 is 0. The van der Waals surface area contributed by atoms with E-state index in [1.165, 1.54) is 0 Å². The van der Waals surface area contributed by atoms with E-state index in [1.54, 1.807) is 6.29 Å². The predicted octanol–water partition coefficient (Wildman–Crippen LogP) is -2.63. The van der Waals surface area contributed by atoms with Gasteiger partial charge >= 0.3 is 0 Å². The smallest absolute Gasteiger partial charge is 0.247 e. The van der Waals surface area contributed by atoms with Gasteiger partial charge in [0.05, 0.1) is 6.04 Å². The molecule has 0 rings (SSSR count). The fourth-order valence-electron chi connectivity index (χ4n) is 2.90. The number of hydrogen-bond donors (Lipinski definition) is 8. The standard InChI is InChI=1S/C18H34N9O4/c1-12(29)18(11-28,7-4-10-26-17(23)24)27(14(30)6-2-8-19)15(31)13(20)5-3-9-25-16(21)22/h13H,2-10,19-20H2,1H3,(H4,21,22,25)(H4,23,24,26)/t13-,18-/m0/s1. The van der Waals surface area contributed by atoms with Crippen LogP contribution in [0.25, 0.3) is 0 Å². The van der Waals surface area contributed by atoms with Crippen molar-refractivity contribution in [3.05, 3.63) is 0 Å². The molecule has 2 amide bonds. The van der Waals surface area contributed by atoms with E-state index in [0.29, 0.717) is 11.3 Å². The van der Waals surface area contributed by atoms with Crippen LogP contribution in [0.3, 0.4) is 0 Å². The molecule has 0 aromatic carbocycles. The number of amides is 2. The van der Waals surface area contributed by atoms with Crippen LogP contribution in [0.2, 0.25) is 0 Å². The Hall–Kier alpha value is -3.06. The summed E-state index contributed by atoms with van der Waals surface area (Å²) in [6.45, 7) is 1.71. The number of nitrogens with zero attached hydrogens (tertiary/aromatic N) is 1. The summed E-state index contributed by atoms with van der Waals surface area (Å²) in [5.74, 6) is -2.88. The summed E-state index contributed by atoms with van der Waals surface area (Å²) in [6.07, 6.45) is 2.14. The Balaban J connectivity index is 5.72. The van der Waals surface area contributed by atoms with Gasteiger partial charge in [-0.25, -0.2) is 0 Å². The van der Waals surface area contributed by atoms with E-state index in [-0.39, 0.29) is 63.7 Å². The lowest BCUT2D eigenvalue weighted by Gasteiger charge is -2.37. The number of Topliss-reactive ketones (excluding diaryl/α,β-unsaturated/α-hetero) is 1. The van der Waals surface area contributed by atoms with E-state index in [4.69, 9.17) is 33.8 Å². The number of nitrogens with two attached hydrogens (primary N) is 4. The van der Waals surface area contributed by atoms with E-state index >= 15 is 0 Å². The van der Waals surface area contributed by atoms with Gasteiger partial charge in [-0.2, -0.15) is 0 Å². The average molecular weight is 441 g/mol. The van der Waals surface area contributed by atoms with Gasteiger partial charge in [-0.3, -0.25) is 34.9 Å². The molecule has 0 heterocycles. The highest BCUT2D eigenvalue weighted by Crippen LogP contribution is 2.24. The zero-order valence-electron chi connectivity index (χ0n) is 17.8. The van der Waals surface area contributed by atoms with Crippen molar-refractivity contribution in [2.45, 2.75) is 57.0 Å². The summed E-state index contributed by atoms with van der Waals surface area (Å²) >= 11 is 0. The second-order valence-corrected chi connectivity index (χ2v) is 7.01. The first-order valence-corrected chi connectivity index (χ1v) is 9.92. The predicted molar refractivity (Wildman–Crippen MR) is 116 cm³/mol. The number of nitrogens with one attached hydrogen (secondary N) is 4. The quantitative estimate of drug-likeness (QED) is 0.0569. The molecule has 13 heteroatoms. The lowest BCUT2D eigenvalue weighted by atomic mass is 9.87. The Morgan fingerprint density at radius 2 is 1.61 bits per heavy atom. The third-order valence-electron chi connectivity index (χ3n) is 4.55. The fourth-order valence-corrected chi connectivity index (χ4v) is 2.90. The molecule has 0 aromatic rings. The minimum atomic E-state index is -2.14. The molecule has 0 saturated heterocycles. The maximum absolute atomic E-state index is 13.1. The number of carbonyl (C=O) groups excluding carboxylic acids is 4. The summed E-state index contributed by atoms with van der Waals surface area (Å²) in [5.41, 5.74) is 19.7. The van der Waals surface area contributed by atoms with Gasteiger partial charge in [0, 0.05) is 19.5 Å². The Bertz CT molecular complexity index is 670. The van der Waals surface area contributed by atoms with Gasteiger partial charge in [-0.1, -0.05) is 0 Å². The van der Waals surface area contributed by atoms with Gasteiger partial charge in [-0.15, -0.1) is 0 Å². The van der Waals surface area contributed by atoms with Crippen LogP contribution in [0.4, 0.5) is 0 Å². The SMILES string of the molecule is CC(=O)[C@@]([C]=O)(CCCNC(=N)N)N(C(=O)CCCN)C(=O)[C@@H](N)CCCNC(=N)N. The van der Waals surface area contributed by atoms with Crippen molar-refractivity contribution in [1.82, 2.24) is 15.5 Å². The van der Waals surface area contributed by atoms with Crippen LogP contribution in [-0.2, 0) is 19.2 Å². The molecule has 0 spiro atoms. The van der Waals surface area contributed by atoms with Crippen molar-refractivity contribution in [1.29, 1.82) is 10.8 Å². The number of imide groups is 1. The van der Waals surface area contributed by atoms with Gasteiger partial charge in [-0.05, 0) is 45.6 Å². The van der Waals surface area contributed by atoms with Gasteiger partial charge in [0.1, 0.15) is 0 Å². The van der Waals surface area contributed by atoms with E-state index in [2.05, 4.69) is 10.6 Å². The van der Waals surface area contributed by atoms with Crippen molar-refractivity contribution in [2.75, 3.05) is 19.6 Å². The fraction of sp³-hybridized carbons (Fsp3) is 0.667. The zero-order valence-corrected chi connectivity index (χ0v) is 17.8. The maximum atomic E-state index is 13.1. The Morgan fingerprint density at radius 3 is 2.06 bits per heavy atom. The molecule has 0 aromatic heterocycles. The number of hydrogen-bond acceptors (Lipinski definition) is 8. The van der Waals surface area contributed by atoms with Gasteiger partial charge in [0.15, 0.2) is 23.2 Å². The topological polar surface area (TPSA) is 247 Å². The van der Waals surface area contributed by atoms with Crippen LogP contribution in [0.15, 0.2) is 0 Å². The van der Waals surface area contributed by atoms with Crippen LogP contribution in [0.5, 0.6) is 0 Å². The number of rotatable bonds is 15. The second kappa shape index (κ2) is 14.0. The Kier molecular flexibility index (Phi) is 12.6. The third-order valence-corrected chi connectivity index (χ3v) is 4.55. The molecule has 0 fully saturated rings. The Labute approximate surface area is 181 Å². The van der Waals surface area contributed by atoms with Crippen LogP contribution in [0.1, 0.15) is 45.4 Å². The molecule has 13 nitrogen and oxygen atoms in total. The highest BCUT2D eigenvalue weighted by molar-refractivity contribution is 6.12. The first-order valence-electron chi connectivity index (χ1n) is 9.92. The molecule has 0 unspecified atom stereocenters. The zero-order chi connectivity index (χ0) is 24.0. The van der Waals surface area contributed by atoms with Crippen molar-refractivity contribution in [2.24, 2.45) is 22.9 Å². The Morgan fingerprint density at radius 1 is 1.06 bits per heavy atom. The number of carbonyl (C=O) groups is 3. The van der Waals surface area contributed by atoms with Crippen molar-refractivity contribution in [3.8, 4) is 0 Å². The molecule has 31 heavy (non-hydrogen) atoms. The minimum Gasteiger partial charge on any atom is -0.370 e. The lowest BCUT2D eigenvalue weighted by molar-refractivity contribution is -0.155. The molecular formula is C18H34N9O4. The summed E-state index contributed by atoms with van der Waals surface area (Å²) in [6, 6.07) is -1.17. The van der Waals surface area contributed by atoms with E-state index in [9.17, 15) is 19.2 Å². The third kappa shape index (κ3) is 9.09. The van der Waals surface area contributed by atoms with Crippen molar-refractivity contribution >= 4 is 35.8 Å². The lowest BCUT2D eigenvalue weighted by Crippen LogP contribution is -2.63. The van der Waals surface area contributed by atoms with Gasteiger partial charge in [0.2, 0.25) is 18.1 Å². The molecule has 12 N–H and O–H groups in total. The van der Waals surface area contributed by atoms with Crippen LogP contribution in [0, 0.1) is 10.8 Å². The van der Waals surface area contributed by atoms with Crippen LogP contribution >= 0.6 is 0 Å². The molecule has 175 valence electrons. The largest absolute Gasteiger partial charge is 0.370 e. The maximum Gasteiger partial charge on any atom is 0.247 e. The van der Waals surface area contributed by atoms with Crippen molar-refractivity contribution < 1.29 is 19.2 Å². The number of guanidine groups is 2. The molecule has 1 radical (unpaired) electrons. The summed E-state index contributed by atoms with van der Waals surface area (Å²) in [4.78, 5) is 51.0. The normalized spacial score (nSPS) is 13.4. The highest BCUT2D eigenvalue weighted by Gasteiger charge is 2.48. The van der Waals surface area contributed by atoms with E-state index in [0.717, 1.165) is 6.92 Å².